The monoisotopic (exact) mass is 220 g/mol. The number of halogens is 1. The number of hydrogen-bond acceptors (Lipinski definition) is 0. The summed E-state index contributed by atoms with van der Waals surface area (Å²) < 4.78 is 1.13. The standard InChI is InChI=1S/C11H9Br/c12-11-7-5-10(6-8-11)9-3-1-2-4-9/h1,3-8H,2H2. The third kappa shape index (κ3) is 1.51. The van der Waals surface area contributed by atoms with Gasteiger partial charge in [0, 0.05) is 4.47 Å². The van der Waals surface area contributed by atoms with Crippen molar-refractivity contribution >= 4 is 21.5 Å². The minimum Gasteiger partial charge on any atom is -0.0801 e. The molecular formula is C11H9Br. The van der Waals surface area contributed by atoms with Gasteiger partial charge in [0.05, 0.1) is 0 Å². The predicted molar refractivity (Wildman–Crippen MR) is 55.9 cm³/mol. The average molecular weight is 221 g/mol. The number of allylic oxidation sites excluding steroid dienone is 4. The van der Waals surface area contributed by atoms with Crippen molar-refractivity contribution < 1.29 is 0 Å². The van der Waals surface area contributed by atoms with Crippen LogP contribution in [0.2, 0.25) is 0 Å². The van der Waals surface area contributed by atoms with Crippen molar-refractivity contribution in [1.29, 1.82) is 0 Å². The lowest BCUT2D eigenvalue weighted by Gasteiger charge is -1.98. The molecule has 0 nitrogen and oxygen atoms in total. The molecule has 0 amide bonds. The molecule has 60 valence electrons. The Bertz CT molecular complexity index is 331. The first-order valence-electron chi connectivity index (χ1n) is 3.99. The highest BCUT2D eigenvalue weighted by atomic mass is 79.9. The highest BCUT2D eigenvalue weighted by molar-refractivity contribution is 9.10. The Morgan fingerprint density at radius 2 is 1.83 bits per heavy atom. The quantitative estimate of drug-likeness (QED) is 0.676. The van der Waals surface area contributed by atoms with Crippen molar-refractivity contribution in [3.63, 3.8) is 0 Å². The highest BCUT2D eigenvalue weighted by Crippen LogP contribution is 2.22. The van der Waals surface area contributed by atoms with Crippen molar-refractivity contribution in [1.82, 2.24) is 0 Å². The van der Waals surface area contributed by atoms with Gasteiger partial charge in [0.25, 0.3) is 0 Å². The zero-order chi connectivity index (χ0) is 8.39. The van der Waals surface area contributed by atoms with Crippen LogP contribution in [-0.2, 0) is 0 Å². The van der Waals surface area contributed by atoms with E-state index in [1.54, 1.807) is 0 Å². The molecule has 1 aliphatic carbocycles. The van der Waals surface area contributed by atoms with Crippen LogP contribution in [0.3, 0.4) is 0 Å². The average Bonchev–Trinajstić information content (AvgIpc) is 2.58. The normalized spacial score (nSPS) is 14.9. The zero-order valence-electron chi connectivity index (χ0n) is 6.63. The second-order valence-corrected chi connectivity index (χ2v) is 3.72. The summed E-state index contributed by atoms with van der Waals surface area (Å²) in [6, 6.07) is 8.40. The van der Waals surface area contributed by atoms with Crippen molar-refractivity contribution in [2.45, 2.75) is 6.42 Å². The van der Waals surface area contributed by atoms with Crippen molar-refractivity contribution in [3.05, 3.63) is 52.5 Å². The van der Waals surface area contributed by atoms with Crippen molar-refractivity contribution in [2.75, 3.05) is 0 Å². The van der Waals surface area contributed by atoms with Gasteiger partial charge in [0.15, 0.2) is 0 Å². The molecule has 1 aromatic carbocycles. The van der Waals surface area contributed by atoms with E-state index in [-0.39, 0.29) is 0 Å². The summed E-state index contributed by atoms with van der Waals surface area (Å²) in [5.41, 5.74) is 2.63. The van der Waals surface area contributed by atoms with E-state index in [4.69, 9.17) is 0 Å². The summed E-state index contributed by atoms with van der Waals surface area (Å²) >= 11 is 3.42. The van der Waals surface area contributed by atoms with E-state index < -0.39 is 0 Å². The van der Waals surface area contributed by atoms with Gasteiger partial charge < -0.3 is 0 Å². The lowest BCUT2D eigenvalue weighted by molar-refractivity contribution is 1.45. The lowest BCUT2D eigenvalue weighted by Crippen LogP contribution is -1.76. The second-order valence-electron chi connectivity index (χ2n) is 2.80. The molecule has 0 saturated heterocycles. The molecule has 1 aromatic rings. The molecule has 0 bridgehead atoms. The molecule has 0 fully saturated rings. The molecule has 0 heterocycles. The molecule has 0 N–H and O–H groups in total. The van der Waals surface area contributed by atoms with Crippen LogP contribution in [0, 0.1) is 0 Å². The third-order valence-electron chi connectivity index (χ3n) is 1.95. The molecule has 0 aromatic heterocycles. The lowest BCUT2D eigenvalue weighted by atomic mass is 10.1. The van der Waals surface area contributed by atoms with Crippen molar-refractivity contribution in [3.8, 4) is 0 Å². The predicted octanol–water partition coefficient (Wildman–Crippen LogP) is 3.79. The van der Waals surface area contributed by atoms with Gasteiger partial charge >= 0.3 is 0 Å². The van der Waals surface area contributed by atoms with Crippen LogP contribution < -0.4 is 0 Å². The SMILES string of the molecule is Brc1ccc(C2=CCC=C2)cc1. The molecular weight excluding hydrogens is 212 g/mol. The van der Waals surface area contributed by atoms with Crippen LogP contribution in [0.15, 0.2) is 47.0 Å². The first-order chi connectivity index (χ1) is 5.86. The van der Waals surface area contributed by atoms with E-state index in [1.165, 1.54) is 11.1 Å². The zero-order valence-corrected chi connectivity index (χ0v) is 8.21. The minimum atomic E-state index is 1.07. The van der Waals surface area contributed by atoms with E-state index in [0.29, 0.717) is 0 Å². The summed E-state index contributed by atoms with van der Waals surface area (Å²) in [7, 11) is 0. The molecule has 0 spiro atoms. The van der Waals surface area contributed by atoms with Gasteiger partial charge in [-0.05, 0) is 29.7 Å². The van der Waals surface area contributed by atoms with Crippen LogP contribution in [-0.4, -0.2) is 0 Å². The Kier molecular flexibility index (Phi) is 2.13. The summed E-state index contributed by atoms with van der Waals surface area (Å²) in [4.78, 5) is 0. The summed E-state index contributed by atoms with van der Waals surface area (Å²) in [5, 5.41) is 0. The molecule has 2 rings (SSSR count). The van der Waals surface area contributed by atoms with Crippen LogP contribution in [0.5, 0.6) is 0 Å². The van der Waals surface area contributed by atoms with Gasteiger partial charge in [0.1, 0.15) is 0 Å². The molecule has 0 saturated carbocycles. The van der Waals surface area contributed by atoms with Gasteiger partial charge in [-0.15, -0.1) is 0 Å². The van der Waals surface area contributed by atoms with Crippen LogP contribution in [0.25, 0.3) is 5.57 Å². The van der Waals surface area contributed by atoms with Gasteiger partial charge in [-0.2, -0.15) is 0 Å². The minimum absolute atomic E-state index is 1.07. The molecule has 0 atom stereocenters. The van der Waals surface area contributed by atoms with Crippen molar-refractivity contribution in [2.24, 2.45) is 0 Å². The molecule has 0 unspecified atom stereocenters. The maximum atomic E-state index is 3.42. The van der Waals surface area contributed by atoms with E-state index in [9.17, 15) is 0 Å². The van der Waals surface area contributed by atoms with Gasteiger partial charge in [-0.25, -0.2) is 0 Å². The number of benzene rings is 1. The fourth-order valence-corrected chi connectivity index (χ4v) is 1.58. The largest absolute Gasteiger partial charge is 0.0801 e. The van der Waals surface area contributed by atoms with Crippen LogP contribution in [0.1, 0.15) is 12.0 Å². The van der Waals surface area contributed by atoms with Gasteiger partial charge in [0.2, 0.25) is 0 Å². The Hall–Kier alpha value is -0.820. The Balaban J connectivity index is 2.35. The Morgan fingerprint density at radius 1 is 1.08 bits per heavy atom. The molecule has 12 heavy (non-hydrogen) atoms. The van der Waals surface area contributed by atoms with E-state index in [0.717, 1.165) is 10.9 Å². The molecule has 0 aliphatic heterocycles. The number of rotatable bonds is 1. The number of hydrogen-bond donors (Lipinski definition) is 0. The first kappa shape index (κ1) is 7.81. The van der Waals surface area contributed by atoms with Gasteiger partial charge in [-0.3, -0.25) is 0 Å². The van der Waals surface area contributed by atoms with Crippen LogP contribution in [0.4, 0.5) is 0 Å². The fraction of sp³-hybridized carbons (Fsp3) is 0.0909. The molecule has 1 aliphatic rings. The Morgan fingerprint density at radius 3 is 2.42 bits per heavy atom. The van der Waals surface area contributed by atoms with Crippen LogP contribution >= 0.6 is 15.9 Å². The smallest absolute Gasteiger partial charge is 0.0175 e. The maximum absolute atomic E-state index is 3.42. The molecule has 1 heteroatoms. The first-order valence-corrected chi connectivity index (χ1v) is 4.78. The summed E-state index contributed by atoms with van der Waals surface area (Å²) in [6.45, 7) is 0. The second kappa shape index (κ2) is 3.28. The molecule has 0 radical (unpaired) electrons. The summed E-state index contributed by atoms with van der Waals surface area (Å²) in [5.74, 6) is 0. The Labute approximate surface area is 80.7 Å². The highest BCUT2D eigenvalue weighted by Gasteiger charge is 1.99. The van der Waals surface area contributed by atoms with Gasteiger partial charge in [-0.1, -0.05) is 46.3 Å². The topological polar surface area (TPSA) is 0 Å². The maximum Gasteiger partial charge on any atom is 0.0175 e. The van der Waals surface area contributed by atoms with E-state index in [2.05, 4.69) is 58.4 Å². The van der Waals surface area contributed by atoms with E-state index in [1.807, 2.05) is 0 Å². The fourth-order valence-electron chi connectivity index (χ4n) is 1.31. The third-order valence-corrected chi connectivity index (χ3v) is 2.48. The van der Waals surface area contributed by atoms with E-state index >= 15 is 0 Å². The summed E-state index contributed by atoms with van der Waals surface area (Å²) in [6.07, 6.45) is 7.66.